The summed E-state index contributed by atoms with van der Waals surface area (Å²) in [6.07, 6.45) is 8.53. The van der Waals surface area contributed by atoms with Crippen molar-refractivity contribution in [1.82, 2.24) is 15.0 Å². The number of anilines is 1. The van der Waals surface area contributed by atoms with Gasteiger partial charge in [-0.15, -0.1) is 0 Å². The zero-order chi connectivity index (χ0) is 16.8. The van der Waals surface area contributed by atoms with E-state index < -0.39 is 0 Å². The molecule has 1 atom stereocenters. The summed E-state index contributed by atoms with van der Waals surface area (Å²) in [6, 6.07) is 5.98. The molecule has 0 unspecified atom stereocenters. The Morgan fingerprint density at radius 1 is 1.21 bits per heavy atom. The molecule has 0 saturated carbocycles. The van der Waals surface area contributed by atoms with Gasteiger partial charge in [0.05, 0.1) is 6.10 Å². The molecule has 24 heavy (non-hydrogen) atoms. The summed E-state index contributed by atoms with van der Waals surface area (Å²) < 4.78 is 5.93. The van der Waals surface area contributed by atoms with Gasteiger partial charge in [-0.25, -0.2) is 9.97 Å². The predicted octanol–water partition coefficient (Wildman–Crippen LogP) is 3.63. The van der Waals surface area contributed by atoms with Crippen LogP contribution in [0.4, 0.5) is 5.82 Å². The van der Waals surface area contributed by atoms with E-state index in [2.05, 4.69) is 27.9 Å². The Kier molecular flexibility index (Phi) is 5.75. The molecule has 2 aromatic rings. The smallest absolute Gasteiger partial charge is 0.161 e. The summed E-state index contributed by atoms with van der Waals surface area (Å²) in [7, 11) is 0. The van der Waals surface area contributed by atoms with Gasteiger partial charge in [0.1, 0.15) is 5.82 Å². The van der Waals surface area contributed by atoms with E-state index in [1.165, 1.54) is 12.8 Å². The maximum Gasteiger partial charge on any atom is 0.161 e. The summed E-state index contributed by atoms with van der Waals surface area (Å²) in [5.74, 6) is 1.75. The first-order valence-electron chi connectivity index (χ1n) is 8.89. The van der Waals surface area contributed by atoms with Crippen LogP contribution in [0.5, 0.6) is 0 Å². The highest BCUT2D eigenvalue weighted by atomic mass is 16.5. The molecule has 2 aromatic heterocycles. The van der Waals surface area contributed by atoms with Crippen molar-refractivity contribution in [3.63, 3.8) is 0 Å². The van der Waals surface area contributed by atoms with E-state index >= 15 is 0 Å². The number of nitrogens with zero attached hydrogens (tertiary/aromatic N) is 4. The van der Waals surface area contributed by atoms with Crippen molar-refractivity contribution in [3.8, 4) is 11.4 Å². The lowest BCUT2D eigenvalue weighted by atomic mass is 10.1. The Morgan fingerprint density at radius 2 is 2.04 bits per heavy atom. The van der Waals surface area contributed by atoms with Crippen molar-refractivity contribution in [1.29, 1.82) is 0 Å². The second-order valence-corrected chi connectivity index (χ2v) is 6.36. The normalized spacial score (nSPS) is 17.7. The minimum absolute atomic E-state index is 0.310. The first-order chi connectivity index (χ1) is 11.8. The van der Waals surface area contributed by atoms with Gasteiger partial charge in [0, 0.05) is 49.4 Å². The van der Waals surface area contributed by atoms with Crippen molar-refractivity contribution in [2.75, 3.05) is 24.6 Å². The Labute approximate surface area is 144 Å². The third-order valence-electron chi connectivity index (χ3n) is 4.29. The second-order valence-electron chi connectivity index (χ2n) is 6.36. The fourth-order valence-electron chi connectivity index (χ4n) is 3.11. The zero-order valence-corrected chi connectivity index (χ0v) is 14.6. The number of hydrogen-bond donors (Lipinski definition) is 0. The van der Waals surface area contributed by atoms with Crippen LogP contribution >= 0.6 is 0 Å². The van der Waals surface area contributed by atoms with E-state index in [1.807, 2.05) is 19.1 Å². The fourth-order valence-corrected chi connectivity index (χ4v) is 3.11. The lowest BCUT2D eigenvalue weighted by Gasteiger charge is -2.30. The highest BCUT2D eigenvalue weighted by Gasteiger charge is 2.19. The van der Waals surface area contributed by atoms with E-state index in [-0.39, 0.29) is 0 Å². The largest absolute Gasteiger partial charge is 0.376 e. The molecule has 3 heterocycles. The molecule has 1 aliphatic rings. The summed E-state index contributed by atoms with van der Waals surface area (Å²) in [5.41, 5.74) is 1.98. The van der Waals surface area contributed by atoms with Crippen LogP contribution in [0.3, 0.4) is 0 Å². The molecule has 1 aliphatic heterocycles. The summed E-state index contributed by atoms with van der Waals surface area (Å²) in [5, 5.41) is 0. The third-order valence-corrected chi connectivity index (χ3v) is 4.29. The Balaban J connectivity index is 1.85. The topological polar surface area (TPSA) is 51.1 Å². The van der Waals surface area contributed by atoms with Crippen LogP contribution < -0.4 is 4.90 Å². The van der Waals surface area contributed by atoms with Gasteiger partial charge in [0.2, 0.25) is 0 Å². The first-order valence-corrected chi connectivity index (χ1v) is 8.89. The van der Waals surface area contributed by atoms with Crippen LogP contribution in [-0.4, -0.2) is 40.8 Å². The van der Waals surface area contributed by atoms with Crippen molar-refractivity contribution in [2.24, 2.45) is 0 Å². The van der Waals surface area contributed by atoms with E-state index in [0.717, 1.165) is 55.4 Å². The van der Waals surface area contributed by atoms with Crippen LogP contribution in [0, 0.1) is 6.92 Å². The van der Waals surface area contributed by atoms with Crippen molar-refractivity contribution >= 4 is 5.82 Å². The molecule has 0 amide bonds. The first kappa shape index (κ1) is 16.8. The van der Waals surface area contributed by atoms with Gasteiger partial charge < -0.3 is 9.64 Å². The number of pyridine rings is 1. The number of ether oxygens (including phenoxy) is 1. The molecule has 3 rings (SSSR count). The SMILES string of the molecule is CCCN(C[C@@H]1CCCCO1)c1cc(C)nc(-c2ccncc2)n1. The molecule has 1 saturated heterocycles. The average Bonchev–Trinajstić information content (AvgIpc) is 2.62. The third kappa shape index (κ3) is 4.29. The monoisotopic (exact) mass is 326 g/mol. The molecule has 1 fully saturated rings. The Hall–Kier alpha value is -2.01. The predicted molar refractivity (Wildman–Crippen MR) is 96.1 cm³/mol. The molecule has 128 valence electrons. The fraction of sp³-hybridized carbons (Fsp3) is 0.526. The quantitative estimate of drug-likeness (QED) is 0.811. The van der Waals surface area contributed by atoms with E-state index in [0.29, 0.717) is 6.10 Å². The van der Waals surface area contributed by atoms with Crippen LogP contribution in [0.15, 0.2) is 30.6 Å². The number of hydrogen-bond acceptors (Lipinski definition) is 5. The minimum Gasteiger partial charge on any atom is -0.376 e. The molecular formula is C19H26N4O. The standard InChI is InChI=1S/C19H26N4O/c1-3-11-23(14-17-6-4-5-12-24-17)18-13-15(2)21-19(22-18)16-7-9-20-10-8-16/h7-10,13,17H,3-6,11-12,14H2,1-2H3/t17-/m0/s1. The van der Waals surface area contributed by atoms with Crippen LogP contribution in [0.2, 0.25) is 0 Å². The molecule has 0 radical (unpaired) electrons. The molecule has 0 N–H and O–H groups in total. The second kappa shape index (κ2) is 8.20. The van der Waals surface area contributed by atoms with Crippen molar-refractivity contribution in [3.05, 3.63) is 36.3 Å². The van der Waals surface area contributed by atoms with Crippen molar-refractivity contribution < 1.29 is 4.74 Å². The Bertz CT molecular complexity index is 641. The van der Waals surface area contributed by atoms with Crippen LogP contribution in [0.1, 0.15) is 38.3 Å². The molecule has 0 bridgehead atoms. The summed E-state index contributed by atoms with van der Waals surface area (Å²) >= 11 is 0. The molecule has 5 nitrogen and oxygen atoms in total. The van der Waals surface area contributed by atoms with E-state index in [9.17, 15) is 0 Å². The van der Waals surface area contributed by atoms with Crippen molar-refractivity contribution in [2.45, 2.75) is 45.6 Å². The number of aromatic nitrogens is 3. The van der Waals surface area contributed by atoms with E-state index in [4.69, 9.17) is 9.72 Å². The van der Waals surface area contributed by atoms with Gasteiger partial charge in [-0.2, -0.15) is 0 Å². The maximum atomic E-state index is 5.93. The maximum absolute atomic E-state index is 5.93. The van der Waals surface area contributed by atoms with Gasteiger partial charge in [-0.3, -0.25) is 4.98 Å². The molecule has 5 heteroatoms. The van der Waals surface area contributed by atoms with Gasteiger partial charge in [-0.1, -0.05) is 6.92 Å². The minimum atomic E-state index is 0.310. The van der Waals surface area contributed by atoms with Gasteiger partial charge in [-0.05, 0) is 44.7 Å². The van der Waals surface area contributed by atoms with E-state index in [1.54, 1.807) is 12.4 Å². The number of rotatable bonds is 6. The highest BCUT2D eigenvalue weighted by molar-refractivity contribution is 5.57. The van der Waals surface area contributed by atoms with Crippen LogP contribution in [0.25, 0.3) is 11.4 Å². The van der Waals surface area contributed by atoms with Gasteiger partial charge in [0.25, 0.3) is 0 Å². The van der Waals surface area contributed by atoms with Gasteiger partial charge >= 0.3 is 0 Å². The summed E-state index contributed by atoms with van der Waals surface area (Å²) in [4.78, 5) is 15.8. The highest BCUT2D eigenvalue weighted by Crippen LogP contribution is 2.22. The lowest BCUT2D eigenvalue weighted by Crippen LogP contribution is -2.37. The molecule has 0 aliphatic carbocycles. The molecule has 0 aromatic carbocycles. The zero-order valence-electron chi connectivity index (χ0n) is 14.6. The average molecular weight is 326 g/mol. The molecular weight excluding hydrogens is 300 g/mol. The van der Waals surface area contributed by atoms with Gasteiger partial charge in [0.15, 0.2) is 5.82 Å². The van der Waals surface area contributed by atoms with Crippen LogP contribution in [-0.2, 0) is 4.74 Å². The Morgan fingerprint density at radius 3 is 2.75 bits per heavy atom. The summed E-state index contributed by atoms with van der Waals surface area (Å²) in [6.45, 7) is 6.99. The lowest BCUT2D eigenvalue weighted by molar-refractivity contribution is 0.0209. The number of aryl methyl sites for hydroxylation is 1. The molecule has 0 spiro atoms.